The Bertz CT molecular complexity index is 311. The molecule has 1 rings (SSSR count). The van der Waals surface area contributed by atoms with Crippen LogP contribution in [0.15, 0.2) is 18.3 Å². The molecule has 5 heteroatoms. The topological polar surface area (TPSA) is 39.2 Å². The second kappa shape index (κ2) is 4.64. The quantitative estimate of drug-likeness (QED) is 0.703. The SMILES string of the molecule is CCOC(=O)c1ccc(C(F)F)cn1. The van der Waals surface area contributed by atoms with Crippen LogP contribution in [0.5, 0.6) is 0 Å². The third-order valence-corrected chi connectivity index (χ3v) is 1.52. The third kappa shape index (κ3) is 2.48. The summed E-state index contributed by atoms with van der Waals surface area (Å²) in [6.07, 6.45) is -1.60. The fourth-order valence-electron chi connectivity index (χ4n) is 0.860. The molecule has 0 fully saturated rings. The number of halogens is 2. The zero-order valence-electron chi connectivity index (χ0n) is 7.54. The van der Waals surface area contributed by atoms with Crippen LogP contribution in [0.25, 0.3) is 0 Å². The molecular formula is C9H9F2NO2. The highest BCUT2D eigenvalue weighted by molar-refractivity contribution is 5.87. The Morgan fingerprint density at radius 2 is 2.29 bits per heavy atom. The second-order valence-electron chi connectivity index (χ2n) is 2.50. The van der Waals surface area contributed by atoms with E-state index in [9.17, 15) is 13.6 Å². The van der Waals surface area contributed by atoms with Crippen LogP contribution in [0, 0.1) is 0 Å². The van der Waals surface area contributed by atoms with E-state index in [0.717, 1.165) is 12.3 Å². The van der Waals surface area contributed by atoms with E-state index in [4.69, 9.17) is 0 Å². The Morgan fingerprint density at radius 1 is 1.57 bits per heavy atom. The Labute approximate surface area is 79.7 Å². The maximum Gasteiger partial charge on any atom is 0.356 e. The molecule has 0 aliphatic carbocycles. The zero-order valence-corrected chi connectivity index (χ0v) is 7.54. The van der Waals surface area contributed by atoms with Crippen LogP contribution in [-0.2, 0) is 4.74 Å². The van der Waals surface area contributed by atoms with Gasteiger partial charge in [-0.1, -0.05) is 0 Å². The van der Waals surface area contributed by atoms with Gasteiger partial charge in [-0.05, 0) is 19.1 Å². The van der Waals surface area contributed by atoms with Gasteiger partial charge >= 0.3 is 5.97 Å². The number of carbonyl (C=O) groups excluding carboxylic acids is 1. The number of alkyl halides is 2. The lowest BCUT2D eigenvalue weighted by atomic mass is 10.2. The maximum absolute atomic E-state index is 12.1. The summed E-state index contributed by atoms with van der Waals surface area (Å²) < 4.78 is 28.8. The first kappa shape index (κ1) is 10.6. The number of aromatic nitrogens is 1. The Balaban J connectivity index is 2.78. The van der Waals surface area contributed by atoms with Crippen molar-refractivity contribution < 1.29 is 18.3 Å². The molecule has 0 aliphatic heterocycles. The van der Waals surface area contributed by atoms with Gasteiger partial charge in [0.25, 0.3) is 6.43 Å². The van der Waals surface area contributed by atoms with Crippen molar-refractivity contribution in [1.82, 2.24) is 4.98 Å². The van der Waals surface area contributed by atoms with Gasteiger partial charge in [0.2, 0.25) is 0 Å². The molecule has 1 aromatic heterocycles. The molecule has 0 aromatic carbocycles. The highest BCUT2D eigenvalue weighted by atomic mass is 19.3. The summed E-state index contributed by atoms with van der Waals surface area (Å²) in [5, 5.41) is 0. The van der Waals surface area contributed by atoms with E-state index >= 15 is 0 Å². The number of hydrogen-bond donors (Lipinski definition) is 0. The summed E-state index contributed by atoms with van der Waals surface area (Å²) in [5.41, 5.74) is -0.172. The Kier molecular flexibility index (Phi) is 3.50. The smallest absolute Gasteiger partial charge is 0.356 e. The van der Waals surface area contributed by atoms with E-state index in [0.29, 0.717) is 0 Å². The van der Waals surface area contributed by atoms with Crippen LogP contribution in [0.3, 0.4) is 0 Å². The van der Waals surface area contributed by atoms with E-state index in [1.807, 2.05) is 0 Å². The van der Waals surface area contributed by atoms with Crippen molar-refractivity contribution in [3.8, 4) is 0 Å². The third-order valence-electron chi connectivity index (χ3n) is 1.52. The number of hydrogen-bond acceptors (Lipinski definition) is 3. The van der Waals surface area contributed by atoms with Crippen LogP contribution in [0.1, 0.15) is 29.4 Å². The van der Waals surface area contributed by atoms with Gasteiger partial charge < -0.3 is 4.74 Å². The average molecular weight is 201 g/mol. The summed E-state index contributed by atoms with van der Waals surface area (Å²) >= 11 is 0. The summed E-state index contributed by atoms with van der Waals surface area (Å²) in [6, 6.07) is 2.38. The van der Waals surface area contributed by atoms with Gasteiger partial charge in [0.1, 0.15) is 5.69 Å². The monoisotopic (exact) mass is 201 g/mol. The van der Waals surface area contributed by atoms with Crippen molar-refractivity contribution in [3.05, 3.63) is 29.6 Å². The fourth-order valence-corrected chi connectivity index (χ4v) is 0.860. The molecule has 0 aliphatic rings. The number of nitrogens with zero attached hydrogens (tertiary/aromatic N) is 1. The average Bonchev–Trinajstić information content (AvgIpc) is 2.18. The molecule has 0 atom stereocenters. The van der Waals surface area contributed by atoms with E-state index in [1.54, 1.807) is 6.92 Å². The van der Waals surface area contributed by atoms with Gasteiger partial charge in [0.05, 0.1) is 6.61 Å². The van der Waals surface area contributed by atoms with Crippen molar-refractivity contribution in [3.63, 3.8) is 0 Å². The first-order valence-corrected chi connectivity index (χ1v) is 4.06. The molecule has 14 heavy (non-hydrogen) atoms. The van der Waals surface area contributed by atoms with Gasteiger partial charge in [-0.3, -0.25) is 0 Å². The van der Waals surface area contributed by atoms with Crippen molar-refractivity contribution in [2.24, 2.45) is 0 Å². The van der Waals surface area contributed by atoms with Gasteiger partial charge in [0.15, 0.2) is 0 Å². The number of esters is 1. The summed E-state index contributed by atoms with van der Waals surface area (Å²) in [7, 11) is 0. The normalized spacial score (nSPS) is 10.3. The highest BCUT2D eigenvalue weighted by Gasteiger charge is 2.11. The van der Waals surface area contributed by atoms with Gasteiger partial charge in [-0.2, -0.15) is 0 Å². The van der Waals surface area contributed by atoms with E-state index in [2.05, 4.69) is 9.72 Å². The van der Waals surface area contributed by atoms with Gasteiger partial charge in [-0.15, -0.1) is 0 Å². The maximum atomic E-state index is 12.1. The van der Waals surface area contributed by atoms with Crippen LogP contribution in [-0.4, -0.2) is 17.6 Å². The molecule has 0 amide bonds. The van der Waals surface area contributed by atoms with Crippen LogP contribution in [0.2, 0.25) is 0 Å². The van der Waals surface area contributed by atoms with Crippen molar-refractivity contribution in [2.75, 3.05) is 6.61 Å². The lowest BCUT2D eigenvalue weighted by Crippen LogP contribution is -2.06. The minimum atomic E-state index is -2.57. The van der Waals surface area contributed by atoms with Crippen molar-refractivity contribution in [2.45, 2.75) is 13.3 Å². The first-order valence-electron chi connectivity index (χ1n) is 4.06. The number of pyridine rings is 1. The Morgan fingerprint density at radius 3 is 2.71 bits per heavy atom. The molecule has 0 saturated carbocycles. The first-order chi connectivity index (χ1) is 6.65. The molecule has 3 nitrogen and oxygen atoms in total. The lowest BCUT2D eigenvalue weighted by Gasteiger charge is -2.01. The summed E-state index contributed by atoms with van der Waals surface area (Å²) in [4.78, 5) is 14.6. The van der Waals surface area contributed by atoms with E-state index in [1.165, 1.54) is 6.07 Å². The molecule has 0 saturated heterocycles. The molecule has 0 N–H and O–H groups in total. The molecule has 0 bridgehead atoms. The minimum absolute atomic E-state index is 0.0382. The molecule has 1 heterocycles. The molecule has 1 aromatic rings. The predicted molar refractivity (Wildman–Crippen MR) is 45.2 cm³/mol. The second-order valence-corrected chi connectivity index (χ2v) is 2.50. The van der Waals surface area contributed by atoms with Crippen molar-refractivity contribution >= 4 is 5.97 Å². The number of ether oxygens (including phenoxy) is 1. The van der Waals surface area contributed by atoms with E-state index < -0.39 is 12.4 Å². The largest absolute Gasteiger partial charge is 0.461 e. The number of carbonyl (C=O) groups is 1. The van der Waals surface area contributed by atoms with Crippen LogP contribution >= 0.6 is 0 Å². The molecule has 0 spiro atoms. The minimum Gasteiger partial charge on any atom is -0.461 e. The highest BCUT2D eigenvalue weighted by Crippen LogP contribution is 2.17. The van der Waals surface area contributed by atoms with E-state index in [-0.39, 0.29) is 17.9 Å². The van der Waals surface area contributed by atoms with Crippen LogP contribution in [0.4, 0.5) is 8.78 Å². The molecule has 0 radical (unpaired) electrons. The fraction of sp³-hybridized carbons (Fsp3) is 0.333. The van der Waals surface area contributed by atoms with Gasteiger partial charge in [0, 0.05) is 11.8 Å². The number of rotatable bonds is 3. The molecule has 0 unspecified atom stereocenters. The Hall–Kier alpha value is -1.52. The van der Waals surface area contributed by atoms with Crippen LogP contribution < -0.4 is 0 Å². The standard InChI is InChI=1S/C9H9F2NO2/c1-2-14-9(13)7-4-3-6(5-12-7)8(10)11/h3-5,8H,2H2,1H3. The van der Waals surface area contributed by atoms with Crippen molar-refractivity contribution in [1.29, 1.82) is 0 Å². The lowest BCUT2D eigenvalue weighted by molar-refractivity contribution is 0.0519. The summed E-state index contributed by atoms with van der Waals surface area (Å²) in [5.74, 6) is -0.603. The zero-order chi connectivity index (χ0) is 10.6. The molecule has 76 valence electrons. The summed E-state index contributed by atoms with van der Waals surface area (Å²) in [6.45, 7) is 1.89. The van der Waals surface area contributed by atoms with Gasteiger partial charge in [-0.25, -0.2) is 18.6 Å². The predicted octanol–water partition coefficient (Wildman–Crippen LogP) is 2.20. The molecular weight excluding hydrogens is 192 g/mol.